The summed E-state index contributed by atoms with van der Waals surface area (Å²) in [5.41, 5.74) is 8.51. The normalized spacial score (nSPS) is 29.8. The summed E-state index contributed by atoms with van der Waals surface area (Å²) >= 11 is 0. The Hall–Kier alpha value is -1.55. The zero-order valence-corrected chi connectivity index (χ0v) is 12.3. The number of aliphatic imine (C=N–C) groups is 1. The summed E-state index contributed by atoms with van der Waals surface area (Å²) in [5.74, 6) is 0.642. The van der Waals surface area contributed by atoms with Crippen LogP contribution in [0.25, 0.3) is 0 Å². The van der Waals surface area contributed by atoms with Crippen LogP contribution in [-0.2, 0) is 10.3 Å². The Morgan fingerprint density at radius 3 is 2.80 bits per heavy atom. The van der Waals surface area contributed by atoms with E-state index in [1.54, 1.807) is 0 Å². The second-order valence-electron chi connectivity index (χ2n) is 6.06. The van der Waals surface area contributed by atoms with E-state index in [-0.39, 0.29) is 11.6 Å². The molecule has 0 spiro atoms. The topological polar surface area (TPSA) is 50.8 Å². The summed E-state index contributed by atoms with van der Waals surface area (Å²) in [4.78, 5) is 6.69. The van der Waals surface area contributed by atoms with Crippen LogP contribution in [0.3, 0.4) is 0 Å². The van der Waals surface area contributed by atoms with Crippen molar-refractivity contribution < 1.29 is 4.74 Å². The molecule has 108 valence electrons. The highest BCUT2D eigenvalue weighted by Crippen LogP contribution is 2.33. The fourth-order valence-electron chi connectivity index (χ4n) is 3.11. The molecule has 2 unspecified atom stereocenters. The number of rotatable bonds is 3. The van der Waals surface area contributed by atoms with Crippen LogP contribution in [0.1, 0.15) is 30.9 Å². The molecule has 20 heavy (non-hydrogen) atoms. The number of hydrogen-bond acceptors (Lipinski definition) is 4. The summed E-state index contributed by atoms with van der Waals surface area (Å²) in [6.07, 6.45) is 2.55. The molecule has 0 saturated carbocycles. The van der Waals surface area contributed by atoms with Crippen molar-refractivity contribution in [2.75, 3.05) is 19.7 Å². The first-order valence-corrected chi connectivity index (χ1v) is 7.36. The first-order valence-electron chi connectivity index (χ1n) is 7.36. The quantitative estimate of drug-likeness (QED) is 0.916. The van der Waals surface area contributed by atoms with Gasteiger partial charge in [-0.15, -0.1) is 0 Å². The number of guanidine groups is 1. The molecule has 2 aliphatic rings. The maximum absolute atomic E-state index is 6.12. The monoisotopic (exact) mass is 273 g/mol. The number of ether oxygens (including phenoxy) is 1. The molecule has 0 bridgehead atoms. The minimum atomic E-state index is -0.149. The summed E-state index contributed by atoms with van der Waals surface area (Å²) in [7, 11) is 0. The summed E-state index contributed by atoms with van der Waals surface area (Å²) in [6.45, 7) is 6.75. The molecule has 0 aliphatic carbocycles. The van der Waals surface area contributed by atoms with E-state index in [9.17, 15) is 0 Å². The average molecular weight is 273 g/mol. The van der Waals surface area contributed by atoms with Crippen molar-refractivity contribution in [2.24, 2.45) is 10.7 Å². The minimum Gasteiger partial charge on any atom is -0.376 e. The lowest BCUT2D eigenvalue weighted by Crippen LogP contribution is -2.50. The standard InChI is InChI=1S/C16H23N3O/c1-12-5-7-13(8-6-12)16(2)11-18-15(17)19(16)10-14-4-3-9-20-14/h5-8,14H,3-4,9-11H2,1-2H3,(H2,17,18). The molecule has 1 aromatic rings. The first kappa shape index (κ1) is 13.4. The first-order chi connectivity index (χ1) is 9.59. The maximum Gasteiger partial charge on any atom is 0.192 e. The zero-order chi connectivity index (χ0) is 14.2. The van der Waals surface area contributed by atoms with Crippen LogP contribution in [0.2, 0.25) is 0 Å². The Balaban J connectivity index is 1.84. The lowest BCUT2D eigenvalue weighted by atomic mass is 9.90. The largest absolute Gasteiger partial charge is 0.376 e. The molecule has 2 atom stereocenters. The van der Waals surface area contributed by atoms with Crippen LogP contribution in [0.15, 0.2) is 29.3 Å². The van der Waals surface area contributed by atoms with Crippen LogP contribution in [0.5, 0.6) is 0 Å². The molecule has 4 heteroatoms. The van der Waals surface area contributed by atoms with Crippen LogP contribution >= 0.6 is 0 Å². The van der Waals surface area contributed by atoms with Gasteiger partial charge in [-0.3, -0.25) is 4.99 Å². The van der Waals surface area contributed by atoms with E-state index in [0.29, 0.717) is 12.5 Å². The molecular weight excluding hydrogens is 250 g/mol. The Morgan fingerprint density at radius 1 is 1.40 bits per heavy atom. The van der Waals surface area contributed by atoms with Crippen molar-refractivity contribution in [3.63, 3.8) is 0 Å². The molecule has 2 N–H and O–H groups in total. The van der Waals surface area contributed by atoms with Gasteiger partial charge in [0.15, 0.2) is 5.96 Å². The van der Waals surface area contributed by atoms with E-state index in [4.69, 9.17) is 10.5 Å². The van der Waals surface area contributed by atoms with E-state index in [2.05, 4.69) is 48.0 Å². The van der Waals surface area contributed by atoms with Gasteiger partial charge in [-0.05, 0) is 32.3 Å². The summed E-state index contributed by atoms with van der Waals surface area (Å²) in [6, 6.07) is 8.68. The average Bonchev–Trinajstić information content (AvgIpc) is 3.04. The fraction of sp³-hybridized carbons (Fsp3) is 0.562. The van der Waals surface area contributed by atoms with Crippen LogP contribution < -0.4 is 5.73 Å². The van der Waals surface area contributed by atoms with Gasteiger partial charge in [0.05, 0.1) is 18.2 Å². The molecule has 1 fully saturated rings. The van der Waals surface area contributed by atoms with Gasteiger partial charge in [0.2, 0.25) is 0 Å². The van der Waals surface area contributed by atoms with E-state index >= 15 is 0 Å². The molecule has 1 aromatic carbocycles. The lowest BCUT2D eigenvalue weighted by Gasteiger charge is -2.38. The molecule has 1 saturated heterocycles. The van der Waals surface area contributed by atoms with E-state index < -0.39 is 0 Å². The number of nitrogens with two attached hydrogens (primary N) is 1. The van der Waals surface area contributed by atoms with E-state index in [1.165, 1.54) is 11.1 Å². The number of nitrogens with zero attached hydrogens (tertiary/aromatic N) is 2. The van der Waals surface area contributed by atoms with E-state index in [0.717, 1.165) is 26.0 Å². The van der Waals surface area contributed by atoms with Gasteiger partial charge >= 0.3 is 0 Å². The Morgan fingerprint density at radius 2 is 2.15 bits per heavy atom. The number of hydrogen-bond donors (Lipinski definition) is 1. The predicted octanol–water partition coefficient (Wildman–Crippen LogP) is 2.02. The predicted molar refractivity (Wildman–Crippen MR) is 80.7 cm³/mol. The Bertz CT molecular complexity index is 505. The fourth-order valence-corrected chi connectivity index (χ4v) is 3.11. The maximum atomic E-state index is 6.12. The smallest absolute Gasteiger partial charge is 0.192 e. The van der Waals surface area contributed by atoms with Gasteiger partial charge < -0.3 is 15.4 Å². The van der Waals surface area contributed by atoms with Gasteiger partial charge in [-0.1, -0.05) is 29.8 Å². The lowest BCUT2D eigenvalue weighted by molar-refractivity contribution is 0.0690. The van der Waals surface area contributed by atoms with Crippen molar-refractivity contribution >= 4 is 5.96 Å². The van der Waals surface area contributed by atoms with Crippen LogP contribution in [0.4, 0.5) is 0 Å². The second kappa shape index (κ2) is 5.09. The molecule has 4 nitrogen and oxygen atoms in total. The Kier molecular flexibility index (Phi) is 3.42. The SMILES string of the molecule is Cc1ccc(C2(C)CN=C(N)N2CC2CCCO2)cc1. The van der Waals surface area contributed by atoms with E-state index in [1.807, 2.05) is 0 Å². The molecule has 0 radical (unpaired) electrons. The van der Waals surface area contributed by atoms with Gasteiger partial charge in [-0.2, -0.15) is 0 Å². The van der Waals surface area contributed by atoms with Gasteiger partial charge in [0.1, 0.15) is 0 Å². The van der Waals surface area contributed by atoms with Crippen molar-refractivity contribution in [3.05, 3.63) is 35.4 Å². The molecule has 0 aromatic heterocycles. The second-order valence-corrected chi connectivity index (χ2v) is 6.06. The van der Waals surface area contributed by atoms with Gasteiger partial charge in [0, 0.05) is 13.2 Å². The molecular formula is C16H23N3O. The summed E-state index contributed by atoms with van der Waals surface area (Å²) < 4.78 is 5.76. The molecule has 0 amide bonds. The highest BCUT2D eigenvalue weighted by Gasteiger charge is 2.40. The third-order valence-corrected chi connectivity index (χ3v) is 4.50. The number of benzene rings is 1. The van der Waals surface area contributed by atoms with Gasteiger partial charge in [-0.25, -0.2) is 0 Å². The summed E-state index contributed by atoms with van der Waals surface area (Å²) in [5, 5.41) is 0. The minimum absolute atomic E-state index is 0.149. The molecule has 2 heterocycles. The van der Waals surface area contributed by atoms with Crippen molar-refractivity contribution in [1.29, 1.82) is 0 Å². The van der Waals surface area contributed by atoms with Crippen LogP contribution in [-0.4, -0.2) is 36.7 Å². The Labute approximate surface area is 120 Å². The van der Waals surface area contributed by atoms with Crippen molar-refractivity contribution in [1.82, 2.24) is 4.90 Å². The molecule has 3 rings (SSSR count). The third kappa shape index (κ3) is 2.29. The highest BCUT2D eigenvalue weighted by molar-refractivity contribution is 5.81. The van der Waals surface area contributed by atoms with Crippen LogP contribution in [0, 0.1) is 6.92 Å². The number of aryl methyl sites for hydroxylation is 1. The highest BCUT2D eigenvalue weighted by atomic mass is 16.5. The van der Waals surface area contributed by atoms with Gasteiger partial charge in [0.25, 0.3) is 0 Å². The van der Waals surface area contributed by atoms with Crippen molar-refractivity contribution in [2.45, 2.75) is 38.3 Å². The molecule has 2 aliphatic heterocycles. The zero-order valence-electron chi connectivity index (χ0n) is 12.3. The third-order valence-electron chi connectivity index (χ3n) is 4.50. The van der Waals surface area contributed by atoms with Crippen molar-refractivity contribution in [3.8, 4) is 0 Å².